The third-order valence-corrected chi connectivity index (χ3v) is 3.94. The van der Waals surface area contributed by atoms with Crippen molar-refractivity contribution in [1.29, 1.82) is 0 Å². The van der Waals surface area contributed by atoms with E-state index in [-0.39, 0.29) is 5.91 Å². The average molecular weight is 353 g/mol. The number of carbonyl (C=O) groups excluding carboxylic acids is 2. The molecule has 2 heterocycles. The summed E-state index contributed by atoms with van der Waals surface area (Å²) in [4.78, 5) is 31.1. The van der Waals surface area contributed by atoms with Crippen molar-refractivity contribution in [3.8, 4) is 5.88 Å². The number of aromatic nitrogens is 2. The van der Waals surface area contributed by atoms with E-state index in [0.717, 1.165) is 16.5 Å². The number of primary amides is 1. The second kappa shape index (κ2) is 7.56. The molecule has 0 spiro atoms. The third kappa shape index (κ3) is 3.92. The van der Waals surface area contributed by atoms with Gasteiger partial charge >= 0.3 is 6.03 Å². The predicted molar refractivity (Wildman–Crippen MR) is 97.9 cm³/mol. The van der Waals surface area contributed by atoms with Crippen molar-refractivity contribution in [2.75, 3.05) is 12.4 Å². The molecule has 26 heavy (non-hydrogen) atoms. The van der Waals surface area contributed by atoms with Crippen LogP contribution in [0.15, 0.2) is 48.8 Å². The zero-order valence-corrected chi connectivity index (χ0v) is 14.2. The van der Waals surface area contributed by atoms with Crippen LogP contribution in [-0.4, -0.2) is 35.1 Å². The van der Waals surface area contributed by atoms with Gasteiger partial charge in [-0.05, 0) is 17.7 Å². The molecule has 3 rings (SSSR count). The van der Waals surface area contributed by atoms with E-state index in [1.54, 1.807) is 12.1 Å². The van der Waals surface area contributed by atoms with Crippen LogP contribution < -0.4 is 21.1 Å². The lowest BCUT2D eigenvalue weighted by atomic mass is 10.0. The van der Waals surface area contributed by atoms with Crippen LogP contribution in [0.2, 0.25) is 0 Å². The molecule has 0 bridgehead atoms. The number of ether oxygens (including phenoxy) is 1. The highest BCUT2D eigenvalue weighted by molar-refractivity contribution is 5.97. The SMILES string of the molecule is COc1ccc(NC(=O)[C@@H](Cc2c[nH]c3ccccc23)NC(N)=O)cn1. The Kier molecular flexibility index (Phi) is 5.02. The number of fused-ring (bicyclic) bond motifs is 1. The summed E-state index contributed by atoms with van der Waals surface area (Å²) < 4.78 is 4.98. The van der Waals surface area contributed by atoms with Crippen molar-refractivity contribution in [1.82, 2.24) is 15.3 Å². The van der Waals surface area contributed by atoms with E-state index >= 15 is 0 Å². The first-order chi connectivity index (χ1) is 12.6. The molecule has 2 aromatic heterocycles. The summed E-state index contributed by atoms with van der Waals surface area (Å²) in [5, 5.41) is 6.20. The number of nitrogens with one attached hydrogen (secondary N) is 3. The second-order valence-electron chi connectivity index (χ2n) is 5.70. The van der Waals surface area contributed by atoms with E-state index in [2.05, 4.69) is 20.6 Å². The molecule has 8 nitrogen and oxygen atoms in total. The van der Waals surface area contributed by atoms with Crippen molar-refractivity contribution in [2.45, 2.75) is 12.5 Å². The highest BCUT2D eigenvalue weighted by atomic mass is 16.5. The van der Waals surface area contributed by atoms with Gasteiger partial charge in [0.15, 0.2) is 0 Å². The lowest BCUT2D eigenvalue weighted by Crippen LogP contribution is -2.47. The van der Waals surface area contributed by atoms with Gasteiger partial charge in [-0.25, -0.2) is 9.78 Å². The number of methoxy groups -OCH3 is 1. The molecule has 3 amide bonds. The zero-order valence-electron chi connectivity index (χ0n) is 14.2. The number of para-hydroxylation sites is 1. The Bertz CT molecular complexity index is 920. The molecule has 0 radical (unpaired) electrons. The van der Waals surface area contributed by atoms with E-state index in [9.17, 15) is 9.59 Å². The molecule has 0 fully saturated rings. The molecule has 1 atom stereocenters. The summed E-state index contributed by atoms with van der Waals surface area (Å²) in [5.74, 6) is 0.0506. The van der Waals surface area contributed by atoms with E-state index in [1.165, 1.54) is 13.3 Å². The zero-order chi connectivity index (χ0) is 18.5. The van der Waals surface area contributed by atoms with Crippen molar-refractivity contribution in [2.24, 2.45) is 5.73 Å². The van der Waals surface area contributed by atoms with Gasteiger partial charge in [-0.3, -0.25) is 4.79 Å². The summed E-state index contributed by atoms with van der Waals surface area (Å²) in [7, 11) is 1.51. The molecule has 1 aromatic carbocycles. The number of pyridine rings is 1. The first-order valence-electron chi connectivity index (χ1n) is 7.98. The number of benzene rings is 1. The number of hydrogen-bond acceptors (Lipinski definition) is 4. The highest BCUT2D eigenvalue weighted by Gasteiger charge is 2.22. The van der Waals surface area contributed by atoms with Crippen molar-refractivity contribution < 1.29 is 14.3 Å². The minimum absolute atomic E-state index is 0.294. The van der Waals surface area contributed by atoms with Crippen molar-refractivity contribution in [3.63, 3.8) is 0 Å². The summed E-state index contributed by atoms with van der Waals surface area (Å²) >= 11 is 0. The number of nitrogens with zero attached hydrogens (tertiary/aromatic N) is 1. The van der Waals surface area contributed by atoms with Crippen LogP contribution in [0.3, 0.4) is 0 Å². The maximum absolute atomic E-state index is 12.6. The topological polar surface area (TPSA) is 122 Å². The molecule has 0 saturated carbocycles. The summed E-state index contributed by atoms with van der Waals surface area (Å²) in [5.41, 5.74) is 7.59. The number of amides is 3. The van der Waals surface area contributed by atoms with Crippen LogP contribution in [0.1, 0.15) is 5.56 Å². The molecule has 8 heteroatoms. The minimum Gasteiger partial charge on any atom is -0.481 e. The Labute approximate surface area is 149 Å². The van der Waals surface area contributed by atoms with Gasteiger partial charge in [0, 0.05) is 29.6 Å². The highest BCUT2D eigenvalue weighted by Crippen LogP contribution is 2.19. The maximum Gasteiger partial charge on any atom is 0.312 e. The third-order valence-electron chi connectivity index (χ3n) is 3.94. The fourth-order valence-electron chi connectivity index (χ4n) is 2.71. The Morgan fingerprint density at radius 3 is 2.77 bits per heavy atom. The van der Waals surface area contributed by atoms with Gasteiger partial charge in [-0.1, -0.05) is 18.2 Å². The van der Waals surface area contributed by atoms with Gasteiger partial charge in [0.05, 0.1) is 19.0 Å². The number of hydrogen-bond donors (Lipinski definition) is 4. The van der Waals surface area contributed by atoms with Gasteiger partial charge < -0.3 is 26.1 Å². The minimum atomic E-state index is -0.825. The normalized spacial score (nSPS) is 11.7. The quantitative estimate of drug-likeness (QED) is 0.539. The monoisotopic (exact) mass is 353 g/mol. The lowest BCUT2D eigenvalue weighted by molar-refractivity contribution is -0.117. The number of aromatic amines is 1. The molecule has 134 valence electrons. The Morgan fingerprint density at radius 2 is 2.08 bits per heavy atom. The van der Waals surface area contributed by atoms with E-state index in [0.29, 0.717) is 18.0 Å². The second-order valence-corrected chi connectivity index (χ2v) is 5.70. The van der Waals surface area contributed by atoms with Crippen LogP contribution >= 0.6 is 0 Å². The summed E-state index contributed by atoms with van der Waals surface area (Å²) in [6.45, 7) is 0. The Morgan fingerprint density at radius 1 is 1.27 bits per heavy atom. The first kappa shape index (κ1) is 17.3. The number of H-pyrrole nitrogens is 1. The van der Waals surface area contributed by atoms with E-state index in [4.69, 9.17) is 10.5 Å². The number of nitrogens with two attached hydrogens (primary N) is 1. The maximum atomic E-state index is 12.6. The molecule has 3 aromatic rings. The molecule has 0 aliphatic rings. The average Bonchev–Trinajstić information content (AvgIpc) is 3.04. The number of urea groups is 1. The van der Waals surface area contributed by atoms with Gasteiger partial charge in [-0.15, -0.1) is 0 Å². The van der Waals surface area contributed by atoms with Gasteiger partial charge in [0.2, 0.25) is 11.8 Å². The fourth-order valence-corrected chi connectivity index (χ4v) is 2.71. The lowest BCUT2D eigenvalue weighted by Gasteiger charge is -2.17. The van der Waals surface area contributed by atoms with Gasteiger partial charge in [0.1, 0.15) is 6.04 Å². The van der Waals surface area contributed by atoms with Crippen LogP contribution in [0.5, 0.6) is 5.88 Å². The fraction of sp³-hybridized carbons (Fsp3) is 0.167. The van der Waals surface area contributed by atoms with Crippen LogP contribution in [0.4, 0.5) is 10.5 Å². The number of rotatable bonds is 6. The van der Waals surface area contributed by atoms with Crippen LogP contribution in [0.25, 0.3) is 10.9 Å². The van der Waals surface area contributed by atoms with Gasteiger partial charge in [-0.2, -0.15) is 0 Å². The number of anilines is 1. The molecule has 5 N–H and O–H groups in total. The van der Waals surface area contributed by atoms with E-state index < -0.39 is 12.1 Å². The molecule has 0 unspecified atom stereocenters. The van der Waals surface area contributed by atoms with Gasteiger partial charge in [0.25, 0.3) is 0 Å². The van der Waals surface area contributed by atoms with Crippen molar-refractivity contribution in [3.05, 3.63) is 54.4 Å². The molecule has 0 saturated heterocycles. The summed E-state index contributed by atoms with van der Waals surface area (Å²) in [6.07, 6.45) is 3.59. The smallest absolute Gasteiger partial charge is 0.312 e. The van der Waals surface area contributed by atoms with Crippen molar-refractivity contribution >= 4 is 28.5 Å². The standard InChI is InChI=1S/C18H19N5O3/c1-26-16-7-6-12(10-21-16)22-17(24)15(23-18(19)25)8-11-9-20-14-5-3-2-4-13(11)14/h2-7,9-10,15,20H,8H2,1H3,(H,22,24)(H3,19,23,25)/t15-/m1/s1. The number of carbonyl (C=O) groups is 2. The first-order valence-corrected chi connectivity index (χ1v) is 7.98. The molecule has 0 aliphatic carbocycles. The van der Waals surface area contributed by atoms with Crippen LogP contribution in [-0.2, 0) is 11.2 Å². The Balaban J connectivity index is 1.78. The molecular weight excluding hydrogens is 334 g/mol. The molecular formula is C18H19N5O3. The molecule has 0 aliphatic heterocycles. The predicted octanol–water partition coefficient (Wildman–Crippen LogP) is 1.79. The summed E-state index contributed by atoms with van der Waals surface area (Å²) in [6, 6.07) is 9.44. The van der Waals surface area contributed by atoms with E-state index in [1.807, 2.05) is 30.5 Å². The van der Waals surface area contributed by atoms with Crippen LogP contribution in [0, 0.1) is 0 Å². The Hall–Kier alpha value is -3.55. The largest absolute Gasteiger partial charge is 0.481 e.